The summed E-state index contributed by atoms with van der Waals surface area (Å²) in [6.45, 7) is 5.50. The van der Waals surface area contributed by atoms with Gasteiger partial charge in [-0.15, -0.1) is 0 Å². The van der Waals surface area contributed by atoms with Crippen LogP contribution in [0.4, 0.5) is 4.39 Å². The third-order valence-corrected chi connectivity index (χ3v) is 5.73. The molecule has 1 aromatic carbocycles. The highest BCUT2D eigenvalue weighted by molar-refractivity contribution is 7.89. The number of rotatable bonds is 4. The molecule has 4 nitrogen and oxygen atoms in total. The van der Waals surface area contributed by atoms with Gasteiger partial charge in [-0.3, -0.25) is 0 Å². The van der Waals surface area contributed by atoms with E-state index in [1.54, 1.807) is 7.05 Å². The van der Waals surface area contributed by atoms with Gasteiger partial charge in [-0.25, -0.2) is 12.8 Å². The summed E-state index contributed by atoms with van der Waals surface area (Å²) in [7, 11) is -1.85. The van der Waals surface area contributed by atoms with Crippen molar-refractivity contribution in [1.82, 2.24) is 9.62 Å². The van der Waals surface area contributed by atoms with Crippen LogP contribution in [-0.4, -0.2) is 32.9 Å². The van der Waals surface area contributed by atoms with Crippen molar-refractivity contribution in [3.05, 3.63) is 29.6 Å². The third kappa shape index (κ3) is 3.62. The van der Waals surface area contributed by atoms with Gasteiger partial charge in [-0.1, -0.05) is 13.8 Å². The van der Waals surface area contributed by atoms with Crippen molar-refractivity contribution < 1.29 is 12.8 Å². The first-order valence-electron chi connectivity index (χ1n) is 7.19. The molecular formula is C15H23FN2O2S. The summed E-state index contributed by atoms with van der Waals surface area (Å²) in [5.41, 5.74) is 0.355. The molecule has 1 aliphatic heterocycles. The quantitative estimate of drug-likeness (QED) is 0.928. The standard InChI is InChI=1S/C15H23FN2O2S/c1-15(2)7-4-8-18(11-15)21(19,20)13-5-6-14(16)12(9-13)10-17-3/h5-6,9,17H,4,7-8,10-11H2,1-3H3. The molecule has 1 saturated heterocycles. The number of piperidine rings is 1. The SMILES string of the molecule is CNCc1cc(S(=O)(=O)N2CCCC(C)(C)C2)ccc1F. The van der Waals surface area contributed by atoms with Crippen LogP contribution in [0.2, 0.25) is 0 Å². The lowest BCUT2D eigenvalue weighted by Crippen LogP contribution is -2.43. The van der Waals surface area contributed by atoms with E-state index in [9.17, 15) is 12.8 Å². The minimum atomic E-state index is -3.55. The smallest absolute Gasteiger partial charge is 0.243 e. The predicted molar refractivity (Wildman–Crippen MR) is 80.9 cm³/mol. The highest BCUT2D eigenvalue weighted by atomic mass is 32.2. The van der Waals surface area contributed by atoms with Gasteiger partial charge < -0.3 is 5.32 Å². The average molecular weight is 314 g/mol. The zero-order valence-corrected chi connectivity index (χ0v) is 13.6. The molecule has 21 heavy (non-hydrogen) atoms. The summed E-state index contributed by atoms with van der Waals surface area (Å²) in [6.07, 6.45) is 1.88. The lowest BCUT2D eigenvalue weighted by atomic mass is 9.85. The molecule has 118 valence electrons. The number of hydrogen-bond donors (Lipinski definition) is 1. The van der Waals surface area contributed by atoms with E-state index < -0.39 is 10.0 Å². The fraction of sp³-hybridized carbons (Fsp3) is 0.600. The van der Waals surface area contributed by atoms with E-state index >= 15 is 0 Å². The number of sulfonamides is 1. The third-order valence-electron chi connectivity index (χ3n) is 3.89. The Balaban J connectivity index is 2.33. The maximum atomic E-state index is 13.7. The van der Waals surface area contributed by atoms with Crippen LogP contribution in [0.3, 0.4) is 0 Å². The van der Waals surface area contributed by atoms with Crippen molar-refractivity contribution in [2.75, 3.05) is 20.1 Å². The molecule has 2 rings (SSSR count). The maximum absolute atomic E-state index is 13.7. The molecule has 6 heteroatoms. The first kappa shape index (κ1) is 16.4. The molecule has 1 aliphatic rings. The fourth-order valence-electron chi connectivity index (χ4n) is 2.76. The molecular weight excluding hydrogens is 291 g/mol. The van der Waals surface area contributed by atoms with Crippen LogP contribution >= 0.6 is 0 Å². The summed E-state index contributed by atoms with van der Waals surface area (Å²) in [4.78, 5) is 0.173. The molecule has 0 bridgehead atoms. The van der Waals surface area contributed by atoms with Gasteiger partial charge in [0, 0.05) is 25.2 Å². The van der Waals surface area contributed by atoms with Crippen molar-refractivity contribution in [3.63, 3.8) is 0 Å². The largest absolute Gasteiger partial charge is 0.316 e. The number of halogens is 1. The van der Waals surface area contributed by atoms with Gasteiger partial charge in [-0.05, 0) is 43.5 Å². The molecule has 0 aromatic heterocycles. The van der Waals surface area contributed by atoms with Crippen LogP contribution in [0.5, 0.6) is 0 Å². The van der Waals surface area contributed by atoms with Gasteiger partial charge >= 0.3 is 0 Å². The molecule has 0 unspecified atom stereocenters. The van der Waals surface area contributed by atoms with Crippen molar-refractivity contribution >= 4 is 10.0 Å². The zero-order chi connectivity index (χ0) is 15.7. The summed E-state index contributed by atoms with van der Waals surface area (Å²) in [6, 6.07) is 4.02. The molecule has 0 atom stereocenters. The number of benzene rings is 1. The minimum Gasteiger partial charge on any atom is -0.316 e. The van der Waals surface area contributed by atoms with E-state index in [-0.39, 0.29) is 16.1 Å². The van der Waals surface area contributed by atoms with Gasteiger partial charge in [-0.2, -0.15) is 4.31 Å². The second-order valence-corrected chi connectivity index (χ2v) is 8.33. The average Bonchev–Trinajstić information content (AvgIpc) is 2.40. The van der Waals surface area contributed by atoms with Crippen LogP contribution in [0.25, 0.3) is 0 Å². The van der Waals surface area contributed by atoms with E-state index in [1.165, 1.54) is 22.5 Å². The summed E-state index contributed by atoms with van der Waals surface area (Å²) >= 11 is 0. The van der Waals surface area contributed by atoms with E-state index in [0.29, 0.717) is 25.2 Å². The second-order valence-electron chi connectivity index (χ2n) is 6.39. The van der Waals surface area contributed by atoms with Crippen LogP contribution in [0.15, 0.2) is 23.1 Å². The van der Waals surface area contributed by atoms with Gasteiger partial charge in [0.25, 0.3) is 0 Å². The molecule has 1 N–H and O–H groups in total. The van der Waals surface area contributed by atoms with Gasteiger partial charge in [0.1, 0.15) is 5.82 Å². The summed E-state index contributed by atoms with van der Waals surface area (Å²) in [5, 5.41) is 2.85. The Kier molecular flexibility index (Phi) is 4.70. The Morgan fingerprint density at radius 3 is 2.71 bits per heavy atom. The summed E-state index contributed by atoms with van der Waals surface area (Å²) in [5.74, 6) is -0.387. The van der Waals surface area contributed by atoms with Crippen molar-refractivity contribution in [1.29, 1.82) is 0 Å². The lowest BCUT2D eigenvalue weighted by molar-refractivity contribution is 0.187. The Bertz CT molecular complexity index is 614. The first-order chi connectivity index (χ1) is 9.76. The van der Waals surface area contributed by atoms with Crippen molar-refractivity contribution in [2.45, 2.75) is 38.1 Å². The highest BCUT2D eigenvalue weighted by Gasteiger charge is 2.34. The Labute approximate surface area is 126 Å². The van der Waals surface area contributed by atoms with Crippen LogP contribution in [0.1, 0.15) is 32.3 Å². The molecule has 0 spiro atoms. The molecule has 1 aromatic rings. The molecule has 0 saturated carbocycles. The fourth-order valence-corrected chi connectivity index (χ4v) is 4.48. The maximum Gasteiger partial charge on any atom is 0.243 e. The lowest BCUT2D eigenvalue weighted by Gasteiger charge is -2.37. The second kappa shape index (κ2) is 6.02. The van der Waals surface area contributed by atoms with E-state index in [4.69, 9.17) is 0 Å². The van der Waals surface area contributed by atoms with Gasteiger partial charge in [0.15, 0.2) is 0 Å². The number of nitrogens with zero attached hydrogens (tertiary/aromatic N) is 1. The van der Waals surface area contributed by atoms with E-state index in [2.05, 4.69) is 19.2 Å². The Morgan fingerprint density at radius 1 is 1.38 bits per heavy atom. The van der Waals surface area contributed by atoms with Gasteiger partial charge in [0.2, 0.25) is 10.0 Å². The van der Waals surface area contributed by atoms with Crippen LogP contribution in [-0.2, 0) is 16.6 Å². The minimum absolute atomic E-state index is 0.0147. The molecule has 0 radical (unpaired) electrons. The molecule has 1 heterocycles. The predicted octanol–water partition coefficient (Wildman–Crippen LogP) is 2.36. The monoisotopic (exact) mass is 314 g/mol. The molecule has 1 fully saturated rings. The van der Waals surface area contributed by atoms with Crippen molar-refractivity contribution in [2.24, 2.45) is 5.41 Å². The summed E-state index contributed by atoms with van der Waals surface area (Å²) < 4.78 is 40.6. The number of hydrogen-bond acceptors (Lipinski definition) is 3. The first-order valence-corrected chi connectivity index (χ1v) is 8.63. The topological polar surface area (TPSA) is 49.4 Å². The van der Waals surface area contributed by atoms with E-state index in [1.807, 2.05) is 0 Å². The Morgan fingerprint density at radius 2 is 2.10 bits per heavy atom. The zero-order valence-electron chi connectivity index (χ0n) is 12.8. The van der Waals surface area contributed by atoms with E-state index in [0.717, 1.165) is 12.8 Å². The van der Waals surface area contributed by atoms with Gasteiger partial charge in [0.05, 0.1) is 4.90 Å². The highest BCUT2D eigenvalue weighted by Crippen LogP contribution is 2.32. The van der Waals surface area contributed by atoms with Crippen LogP contribution < -0.4 is 5.32 Å². The number of nitrogens with one attached hydrogen (secondary N) is 1. The molecule has 0 aliphatic carbocycles. The molecule has 0 amide bonds. The normalized spacial score (nSPS) is 19.6. The van der Waals surface area contributed by atoms with Crippen molar-refractivity contribution in [3.8, 4) is 0 Å². The Hall–Kier alpha value is -0.980. The van der Waals surface area contributed by atoms with Crippen LogP contribution in [0, 0.1) is 11.2 Å².